The summed E-state index contributed by atoms with van der Waals surface area (Å²) in [7, 11) is 0. The summed E-state index contributed by atoms with van der Waals surface area (Å²) in [6, 6.07) is 0. The number of hydrogen-bond acceptors (Lipinski definition) is 5. The van der Waals surface area contributed by atoms with Crippen LogP contribution in [0.25, 0.3) is 16.8 Å². The summed E-state index contributed by atoms with van der Waals surface area (Å²) in [5.74, 6) is 1.05. The van der Waals surface area contributed by atoms with E-state index in [2.05, 4.69) is 37.4 Å². The molecule has 0 unspecified atom stereocenters. The second kappa shape index (κ2) is 4.77. The van der Waals surface area contributed by atoms with Gasteiger partial charge >= 0.3 is 0 Å². The lowest BCUT2D eigenvalue weighted by Crippen LogP contribution is -2.41. The van der Waals surface area contributed by atoms with Crippen molar-refractivity contribution in [2.45, 2.75) is 38.0 Å². The van der Waals surface area contributed by atoms with Crippen molar-refractivity contribution in [1.82, 2.24) is 34.9 Å². The Bertz CT molecular complexity index is 760. The van der Waals surface area contributed by atoms with Crippen molar-refractivity contribution in [1.29, 1.82) is 0 Å². The molecule has 4 rings (SSSR count). The van der Waals surface area contributed by atoms with Crippen LogP contribution < -0.4 is 5.32 Å². The van der Waals surface area contributed by atoms with Gasteiger partial charge in [-0.1, -0.05) is 13.3 Å². The van der Waals surface area contributed by atoms with Crippen LogP contribution in [0.5, 0.6) is 0 Å². The minimum atomic E-state index is 0.106. The fourth-order valence-electron chi connectivity index (χ4n) is 3.56. The molecule has 0 amide bonds. The highest BCUT2D eigenvalue weighted by atomic mass is 15.3. The molecule has 2 N–H and O–H groups in total. The molecular weight excluding hydrogens is 266 g/mol. The molecule has 7 nitrogen and oxygen atoms in total. The van der Waals surface area contributed by atoms with Gasteiger partial charge in [0.05, 0.1) is 6.33 Å². The fourth-order valence-corrected chi connectivity index (χ4v) is 3.56. The van der Waals surface area contributed by atoms with Gasteiger partial charge in [0.15, 0.2) is 11.3 Å². The number of aromatic amines is 1. The molecule has 7 heteroatoms. The largest absolute Gasteiger partial charge is 0.340 e. The van der Waals surface area contributed by atoms with E-state index >= 15 is 0 Å². The Kier molecular flexibility index (Phi) is 2.88. The lowest BCUT2D eigenvalue weighted by molar-refractivity contribution is 0.268. The van der Waals surface area contributed by atoms with E-state index in [-0.39, 0.29) is 5.41 Å². The maximum absolute atomic E-state index is 4.54. The molecule has 3 aromatic heterocycles. The molecule has 0 atom stereocenters. The smallest absolute Gasteiger partial charge is 0.189 e. The van der Waals surface area contributed by atoms with E-state index < -0.39 is 0 Å². The number of rotatable bonds is 3. The Morgan fingerprint density at radius 1 is 1.24 bits per heavy atom. The number of H-pyrrole nitrogens is 1. The van der Waals surface area contributed by atoms with Crippen LogP contribution in [0.2, 0.25) is 0 Å². The first-order chi connectivity index (χ1) is 10.3. The molecule has 1 saturated heterocycles. The molecule has 0 spiro atoms. The van der Waals surface area contributed by atoms with Crippen molar-refractivity contribution >= 4 is 16.8 Å². The average molecular weight is 285 g/mol. The predicted octanol–water partition coefficient (Wildman–Crippen LogP) is 1.42. The Morgan fingerprint density at radius 3 is 2.90 bits per heavy atom. The Balaban J connectivity index is 1.91. The van der Waals surface area contributed by atoms with Crippen LogP contribution in [0.15, 0.2) is 12.7 Å². The van der Waals surface area contributed by atoms with E-state index in [4.69, 9.17) is 0 Å². The Labute approximate surface area is 122 Å². The highest BCUT2D eigenvalue weighted by molar-refractivity contribution is 5.84. The zero-order chi connectivity index (χ0) is 14.3. The summed E-state index contributed by atoms with van der Waals surface area (Å²) in [6.07, 6.45) is 7.95. The van der Waals surface area contributed by atoms with E-state index in [0.29, 0.717) is 5.65 Å². The predicted molar refractivity (Wildman–Crippen MR) is 79.1 cm³/mol. The molecule has 0 aromatic carbocycles. The maximum Gasteiger partial charge on any atom is 0.189 e. The topological polar surface area (TPSA) is 83.8 Å². The molecular formula is C14H19N7. The highest BCUT2D eigenvalue weighted by Crippen LogP contribution is 2.37. The van der Waals surface area contributed by atoms with E-state index in [1.165, 1.54) is 0 Å². The molecule has 4 heterocycles. The standard InChI is InChI=1S/C14H19N7/c1-2-3-14(4-6-15-7-5-14)13-20-19-12-10-11(17-8-16-10)18-9-21(12)13/h8-9,15H,2-7H2,1H3,(H,16,17). The monoisotopic (exact) mass is 285 g/mol. The molecule has 1 aliphatic heterocycles. The third kappa shape index (κ3) is 1.84. The number of fused-ring (bicyclic) bond motifs is 3. The summed E-state index contributed by atoms with van der Waals surface area (Å²) >= 11 is 0. The molecule has 0 saturated carbocycles. The van der Waals surface area contributed by atoms with Gasteiger partial charge in [0.25, 0.3) is 0 Å². The number of nitrogens with zero attached hydrogens (tertiary/aromatic N) is 5. The van der Waals surface area contributed by atoms with Gasteiger partial charge in [0.2, 0.25) is 0 Å². The SMILES string of the molecule is CCCC1(c2nnc3c4[nH]cnc4ncn23)CCNCC1. The minimum Gasteiger partial charge on any atom is -0.340 e. The number of piperidine rings is 1. The van der Waals surface area contributed by atoms with Crippen molar-refractivity contribution in [3.05, 3.63) is 18.5 Å². The van der Waals surface area contributed by atoms with Gasteiger partial charge in [-0.05, 0) is 32.4 Å². The summed E-state index contributed by atoms with van der Waals surface area (Å²) in [4.78, 5) is 11.7. The summed E-state index contributed by atoms with van der Waals surface area (Å²) in [5.41, 5.74) is 2.48. The van der Waals surface area contributed by atoms with E-state index in [9.17, 15) is 0 Å². The number of hydrogen-bond donors (Lipinski definition) is 2. The normalized spacial score (nSPS) is 18.5. The van der Waals surface area contributed by atoms with Gasteiger partial charge in [-0.25, -0.2) is 9.97 Å². The zero-order valence-electron chi connectivity index (χ0n) is 12.1. The summed E-state index contributed by atoms with van der Waals surface area (Å²) in [6.45, 7) is 4.31. The molecule has 1 fully saturated rings. The van der Waals surface area contributed by atoms with Gasteiger partial charge in [0, 0.05) is 5.41 Å². The molecule has 1 aliphatic rings. The number of imidazole rings is 1. The molecule has 0 bridgehead atoms. The molecule has 0 radical (unpaired) electrons. The Morgan fingerprint density at radius 2 is 2.10 bits per heavy atom. The molecule has 0 aliphatic carbocycles. The van der Waals surface area contributed by atoms with Crippen LogP contribution in [-0.4, -0.2) is 42.6 Å². The van der Waals surface area contributed by atoms with Gasteiger partial charge in [0.1, 0.15) is 17.7 Å². The van der Waals surface area contributed by atoms with Crippen molar-refractivity contribution < 1.29 is 0 Å². The summed E-state index contributed by atoms with van der Waals surface area (Å²) < 4.78 is 2.04. The first-order valence-corrected chi connectivity index (χ1v) is 7.58. The quantitative estimate of drug-likeness (QED) is 0.760. The van der Waals surface area contributed by atoms with Crippen LogP contribution in [0.3, 0.4) is 0 Å². The van der Waals surface area contributed by atoms with Crippen LogP contribution >= 0.6 is 0 Å². The van der Waals surface area contributed by atoms with Gasteiger partial charge < -0.3 is 10.3 Å². The first-order valence-electron chi connectivity index (χ1n) is 7.58. The van der Waals surface area contributed by atoms with Crippen LogP contribution in [-0.2, 0) is 5.41 Å². The van der Waals surface area contributed by atoms with Crippen molar-refractivity contribution in [3.8, 4) is 0 Å². The van der Waals surface area contributed by atoms with E-state index in [1.54, 1.807) is 6.33 Å². The second-order valence-corrected chi connectivity index (χ2v) is 5.84. The number of nitrogens with one attached hydrogen (secondary N) is 2. The Hall–Kier alpha value is -2.02. The molecule has 3 aromatic rings. The van der Waals surface area contributed by atoms with Gasteiger partial charge in [-0.3, -0.25) is 4.40 Å². The lowest BCUT2D eigenvalue weighted by atomic mass is 9.74. The zero-order valence-corrected chi connectivity index (χ0v) is 12.1. The minimum absolute atomic E-state index is 0.106. The third-order valence-electron chi connectivity index (χ3n) is 4.60. The second-order valence-electron chi connectivity index (χ2n) is 5.84. The highest BCUT2D eigenvalue weighted by Gasteiger charge is 2.37. The van der Waals surface area contributed by atoms with Crippen LogP contribution in [0.4, 0.5) is 0 Å². The molecule has 110 valence electrons. The molecule has 21 heavy (non-hydrogen) atoms. The fraction of sp³-hybridized carbons (Fsp3) is 0.571. The maximum atomic E-state index is 4.54. The van der Waals surface area contributed by atoms with Gasteiger partial charge in [-0.15, -0.1) is 10.2 Å². The average Bonchev–Trinajstić information content (AvgIpc) is 3.14. The van der Waals surface area contributed by atoms with Crippen LogP contribution in [0, 0.1) is 0 Å². The lowest BCUT2D eigenvalue weighted by Gasteiger charge is -2.36. The van der Waals surface area contributed by atoms with Crippen LogP contribution in [0.1, 0.15) is 38.4 Å². The number of aromatic nitrogens is 6. The van der Waals surface area contributed by atoms with Crippen molar-refractivity contribution in [2.24, 2.45) is 0 Å². The van der Waals surface area contributed by atoms with E-state index in [1.807, 2.05) is 10.7 Å². The third-order valence-corrected chi connectivity index (χ3v) is 4.60. The van der Waals surface area contributed by atoms with Crippen molar-refractivity contribution in [2.75, 3.05) is 13.1 Å². The summed E-state index contributed by atoms with van der Waals surface area (Å²) in [5, 5.41) is 12.4. The first kappa shape index (κ1) is 12.7. The van der Waals surface area contributed by atoms with Gasteiger partial charge in [-0.2, -0.15) is 0 Å². The van der Waals surface area contributed by atoms with Crippen molar-refractivity contribution in [3.63, 3.8) is 0 Å². The van der Waals surface area contributed by atoms with E-state index in [0.717, 1.165) is 55.8 Å².